The number of amides is 1. The molecule has 0 fully saturated rings. The van der Waals surface area contributed by atoms with Crippen molar-refractivity contribution in [2.75, 3.05) is 0 Å². The topological polar surface area (TPSA) is 62.2 Å². The van der Waals surface area contributed by atoms with Gasteiger partial charge in [0, 0.05) is 11.1 Å². The molecule has 2 aromatic heterocycles. The van der Waals surface area contributed by atoms with E-state index in [4.69, 9.17) is 10.2 Å². The highest BCUT2D eigenvalue weighted by Crippen LogP contribution is 2.38. The molecular weight excluding hydrogens is 284 g/mol. The largest absolute Gasteiger partial charge is 0.288 e. The lowest BCUT2D eigenvalue weighted by molar-refractivity contribution is 0.0711. The quantitative estimate of drug-likeness (QED) is 0.625. The van der Waals surface area contributed by atoms with E-state index in [0.29, 0.717) is 16.2 Å². The number of pyridine rings is 1. The van der Waals surface area contributed by atoms with E-state index in [-0.39, 0.29) is 0 Å². The number of rotatable bonds is 1. The monoisotopic (exact) mass is 304 g/mol. The van der Waals surface area contributed by atoms with Crippen LogP contribution < -0.4 is 5.48 Å². The van der Waals surface area contributed by atoms with Gasteiger partial charge >= 0.3 is 0 Å². The van der Waals surface area contributed by atoms with Crippen molar-refractivity contribution in [1.29, 1.82) is 0 Å². The third-order valence-corrected chi connectivity index (χ3v) is 5.47. The fourth-order valence-corrected chi connectivity index (χ4v) is 3.95. The second-order valence-corrected chi connectivity index (χ2v) is 7.88. The Morgan fingerprint density at radius 2 is 2.19 bits per heavy atom. The molecule has 0 saturated carbocycles. The van der Waals surface area contributed by atoms with Gasteiger partial charge in [0.25, 0.3) is 5.91 Å². The molecular formula is C16H20N2O2S. The van der Waals surface area contributed by atoms with Gasteiger partial charge < -0.3 is 0 Å². The summed E-state index contributed by atoms with van der Waals surface area (Å²) >= 11 is 1.33. The van der Waals surface area contributed by atoms with Gasteiger partial charge in [-0.3, -0.25) is 10.0 Å². The fourth-order valence-electron chi connectivity index (χ4n) is 3.03. The van der Waals surface area contributed by atoms with E-state index in [9.17, 15) is 4.79 Å². The molecule has 2 N–H and O–H groups in total. The highest BCUT2D eigenvalue weighted by Gasteiger charge is 2.29. The Labute approximate surface area is 128 Å². The molecule has 1 aliphatic rings. The Bertz CT molecular complexity index is 700. The third kappa shape index (κ3) is 2.68. The van der Waals surface area contributed by atoms with Crippen LogP contribution in [0, 0.1) is 11.3 Å². The molecule has 1 amide bonds. The van der Waals surface area contributed by atoms with E-state index >= 15 is 0 Å². The first kappa shape index (κ1) is 14.5. The van der Waals surface area contributed by atoms with Crippen LogP contribution in [0.2, 0.25) is 0 Å². The van der Waals surface area contributed by atoms with Crippen molar-refractivity contribution >= 4 is 27.5 Å². The molecule has 0 radical (unpaired) electrons. The van der Waals surface area contributed by atoms with Gasteiger partial charge in [0.2, 0.25) is 0 Å². The Balaban J connectivity index is 1.99. The molecule has 0 spiro atoms. The van der Waals surface area contributed by atoms with Crippen molar-refractivity contribution in [2.24, 2.45) is 11.3 Å². The van der Waals surface area contributed by atoms with Gasteiger partial charge in [-0.05, 0) is 48.3 Å². The van der Waals surface area contributed by atoms with Crippen molar-refractivity contribution in [3.05, 3.63) is 28.3 Å². The van der Waals surface area contributed by atoms with Gasteiger partial charge in [0.15, 0.2) is 0 Å². The van der Waals surface area contributed by atoms with Crippen molar-refractivity contribution in [3.8, 4) is 0 Å². The maximum Gasteiger partial charge on any atom is 0.284 e. The molecule has 0 bridgehead atoms. The minimum Gasteiger partial charge on any atom is -0.288 e. The average molecular weight is 304 g/mol. The zero-order valence-corrected chi connectivity index (χ0v) is 13.4. The predicted octanol–water partition coefficient (Wildman–Crippen LogP) is 3.57. The fraction of sp³-hybridized carbons (Fsp3) is 0.500. The summed E-state index contributed by atoms with van der Waals surface area (Å²) in [5.41, 5.74) is 4.47. The second kappa shape index (κ2) is 5.07. The smallest absolute Gasteiger partial charge is 0.284 e. The highest BCUT2D eigenvalue weighted by molar-refractivity contribution is 7.20. The van der Waals surface area contributed by atoms with Crippen molar-refractivity contribution in [2.45, 2.75) is 40.0 Å². The Kier molecular flexibility index (Phi) is 3.50. The first-order chi connectivity index (χ1) is 9.88. The first-order valence-corrected chi connectivity index (χ1v) is 8.07. The average Bonchev–Trinajstić information content (AvgIpc) is 2.84. The van der Waals surface area contributed by atoms with Gasteiger partial charge in [-0.25, -0.2) is 10.5 Å². The minimum atomic E-state index is -0.469. The Morgan fingerprint density at radius 1 is 1.43 bits per heavy atom. The summed E-state index contributed by atoms with van der Waals surface area (Å²) in [5.74, 6) is 0.201. The summed E-state index contributed by atoms with van der Waals surface area (Å²) in [6.45, 7) is 6.88. The van der Waals surface area contributed by atoms with Crippen LogP contribution in [-0.4, -0.2) is 16.1 Å². The van der Waals surface area contributed by atoms with E-state index in [2.05, 4.69) is 26.8 Å². The highest BCUT2D eigenvalue weighted by atomic mass is 32.1. The summed E-state index contributed by atoms with van der Waals surface area (Å²) in [6.07, 6.45) is 3.23. The van der Waals surface area contributed by atoms with Crippen molar-refractivity contribution < 1.29 is 10.0 Å². The molecule has 1 atom stereocenters. The van der Waals surface area contributed by atoms with Crippen LogP contribution in [0.1, 0.15) is 48.1 Å². The van der Waals surface area contributed by atoms with Gasteiger partial charge in [0.05, 0.1) is 4.88 Å². The Hall–Kier alpha value is -1.46. The summed E-state index contributed by atoms with van der Waals surface area (Å²) in [7, 11) is 0. The molecule has 5 heteroatoms. The third-order valence-electron chi connectivity index (χ3n) is 4.42. The molecule has 4 nitrogen and oxygen atoms in total. The summed E-state index contributed by atoms with van der Waals surface area (Å²) in [6, 6.07) is 3.97. The number of thiophene rings is 1. The molecule has 1 unspecified atom stereocenters. The van der Waals surface area contributed by atoms with Crippen molar-refractivity contribution in [1.82, 2.24) is 10.5 Å². The molecule has 0 saturated heterocycles. The molecule has 2 heterocycles. The van der Waals surface area contributed by atoms with Crippen molar-refractivity contribution in [3.63, 3.8) is 0 Å². The molecule has 0 aliphatic heterocycles. The normalized spacial score (nSPS) is 18.6. The lowest BCUT2D eigenvalue weighted by atomic mass is 9.71. The number of nitrogens with one attached hydrogen (secondary N) is 1. The number of hydrogen-bond acceptors (Lipinski definition) is 4. The molecule has 2 aromatic rings. The van der Waals surface area contributed by atoms with Crippen LogP contribution in [-0.2, 0) is 12.8 Å². The van der Waals surface area contributed by atoms with Crippen LogP contribution in [0.3, 0.4) is 0 Å². The van der Waals surface area contributed by atoms with E-state index in [0.717, 1.165) is 23.1 Å². The number of hydrogen-bond donors (Lipinski definition) is 2. The van der Waals surface area contributed by atoms with Crippen LogP contribution in [0.4, 0.5) is 0 Å². The number of carbonyl (C=O) groups excluding carboxylic acids is 1. The summed E-state index contributed by atoms with van der Waals surface area (Å²) < 4.78 is 0. The summed E-state index contributed by atoms with van der Waals surface area (Å²) in [4.78, 5) is 17.6. The molecule has 1 aliphatic carbocycles. The lowest BCUT2D eigenvalue weighted by Crippen LogP contribution is -2.27. The van der Waals surface area contributed by atoms with Gasteiger partial charge in [-0.15, -0.1) is 11.3 Å². The molecule has 0 aromatic carbocycles. The standard InChI is InChI=1S/C16H20N2O2S/c1-16(2,3)11-4-5-12-9(7-11)6-10-8-13(14(19)18-20)21-15(10)17-12/h6,8,11,20H,4-5,7H2,1-3H3,(H,18,19). The summed E-state index contributed by atoms with van der Waals surface area (Å²) in [5, 5.41) is 9.73. The SMILES string of the molecule is CC(C)(C)C1CCc2nc3sc(C(=O)NO)cc3cc2C1. The van der Waals surface area contributed by atoms with Gasteiger partial charge in [0.1, 0.15) is 4.83 Å². The predicted molar refractivity (Wildman–Crippen MR) is 83.8 cm³/mol. The number of aromatic nitrogens is 1. The zero-order valence-electron chi connectivity index (χ0n) is 12.6. The zero-order chi connectivity index (χ0) is 15.2. The Morgan fingerprint density at radius 3 is 2.86 bits per heavy atom. The van der Waals surface area contributed by atoms with Crippen LogP contribution in [0.15, 0.2) is 12.1 Å². The van der Waals surface area contributed by atoms with Gasteiger partial charge in [-0.1, -0.05) is 20.8 Å². The van der Waals surface area contributed by atoms with Gasteiger partial charge in [-0.2, -0.15) is 0 Å². The lowest BCUT2D eigenvalue weighted by Gasteiger charge is -2.34. The van der Waals surface area contributed by atoms with E-state index in [1.807, 2.05) is 0 Å². The minimum absolute atomic E-state index is 0.309. The maximum atomic E-state index is 11.5. The first-order valence-electron chi connectivity index (χ1n) is 7.25. The van der Waals surface area contributed by atoms with Crippen LogP contribution in [0.25, 0.3) is 10.2 Å². The molecule has 3 rings (SSSR count). The molecule has 112 valence electrons. The maximum absolute atomic E-state index is 11.5. The second-order valence-electron chi connectivity index (χ2n) is 6.85. The number of nitrogens with zero attached hydrogens (tertiary/aromatic N) is 1. The van der Waals surface area contributed by atoms with Crippen LogP contribution >= 0.6 is 11.3 Å². The van der Waals surface area contributed by atoms with E-state index in [1.165, 1.54) is 29.0 Å². The van der Waals surface area contributed by atoms with Crippen LogP contribution in [0.5, 0.6) is 0 Å². The van der Waals surface area contributed by atoms with E-state index < -0.39 is 5.91 Å². The molecule has 21 heavy (non-hydrogen) atoms. The number of aryl methyl sites for hydroxylation is 1. The number of fused-ring (bicyclic) bond motifs is 2. The number of carbonyl (C=O) groups is 1. The van der Waals surface area contributed by atoms with E-state index in [1.54, 1.807) is 11.5 Å². The number of hydroxylamine groups is 1.